The molecule has 8 rings (SSSR count). The van der Waals surface area contributed by atoms with Crippen LogP contribution in [-0.2, 0) is 11.3 Å². The Hall–Kier alpha value is -5.61. The number of imide groups is 1. The van der Waals surface area contributed by atoms with Crippen LogP contribution in [0.2, 0.25) is 0 Å². The van der Waals surface area contributed by atoms with Crippen molar-refractivity contribution in [2.24, 2.45) is 0 Å². The summed E-state index contributed by atoms with van der Waals surface area (Å²) in [6.45, 7) is 11.8. The smallest absolute Gasteiger partial charge is 0.328 e. The van der Waals surface area contributed by atoms with E-state index in [1.165, 1.54) is 17.0 Å². The maximum absolute atomic E-state index is 15.1. The molecule has 0 radical (unpaired) electrons. The molecular weight excluding hydrogens is 724 g/mol. The van der Waals surface area contributed by atoms with Crippen molar-refractivity contribution in [3.63, 3.8) is 0 Å². The highest BCUT2D eigenvalue weighted by Gasteiger charge is 2.29. The second-order valence-corrected chi connectivity index (χ2v) is 14.9. The molecule has 56 heavy (non-hydrogen) atoms. The Kier molecular flexibility index (Phi) is 10.3. The predicted octanol–water partition coefficient (Wildman–Crippen LogP) is 6.17. The lowest BCUT2D eigenvalue weighted by Crippen LogP contribution is -2.53. The fourth-order valence-corrected chi connectivity index (χ4v) is 8.11. The van der Waals surface area contributed by atoms with Crippen molar-refractivity contribution >= 4 is 46.1 Å². The number of carbonyl (C=O) groups is 2. The molecule has 3 aromatic heterocycles. The van der Waals surface area contributed by atoms with E-state index in [0.29, 0.717) is 41.0 Å². The molecular formula is C40H44F3N11O2. The van der Waals surface area contributed by atoms with Gasteiger partial charge in [0.25, 0.3) is 0 Å². The Morgan fingerprint density at radius 3 is 2.30 bits per heavy atom. The standard InChI is InChI=1S/C40H44F3N11O2/c1-24(2)54-25(3)46-38-32(42)18-27(19-34(38)54)37-33(43)22-45-39(49-37)47-35-7-6-30(21-44-35)51-11-8-28(9-12-51)52-16-14-50(15-17-52)23-26-4-5-29(20-31(26)41)53-13-10-36(55)48-40(53)56/h4-7,18-22,24,28H,8-17,23H2,1-3H3,(H,48,55,56)(H,44,45,47,49). The molecule has 16 heteroatoms. The maximum atomic E-state index is 15.1. The molecule has 0 unspecified atom stereocenters. The van der Waals surface area contributed by atoms with E-state index in [4.69, 9.17) is 0 Å². The van der Waals surface area contributed by atoms with E-state index < -0.39 is 17.7 Å². The van der Waals surface area contributed by atoms with Gasteiger partial charge < -0.3 is 14.8 Å². The Balaban J connectivity index is 0.831. The van der Waals surface area contributed by atoms with Gasteiger partial charge in [0.05, 0.1) is 23.6 Å². The van der Waals surface area contributed by atoms with Crippen molar-refractivity contribution in [2.45, 2.75) is 58.7 Å². The normalized spacial score (nSPS) is 17.6. The van der Waals surface area contributed by atoms with Crippen LogP contribution in [0.4, 0.5) is 41.1 Å². The Morgan fingerprint density at radius 1 is 0.839 bits per heavy atom. The lowest BCUT2D eigenvalue weighted by Gasteiger charge is -2.43. The second-order valence-electron chi connectivity index (χ2n) is 14.9. The van der Waals surface area contributed by atoms with Crippen LogP contribution in [0.15, 0.2) is 54.9 Å². The number of hydrogen-bond acceptors (Lipinski definition) is 10. The van der Waals surface area contributed by atoms with Crippen LogP contribution in [0.5, 0.6) is 0 Å². The van der Waals surface area contributed by atoms with E-state index in [2.05, 4.69) is 45.3 Å². The highest BCUT2D eigenvalue weighted by atomic mass is 19.1. The van der Waals surface area contributed by atoms with Gasteiger partial charge in [-0.15, -0.1) is 0 Å². The number of anilines is 4. The Morgan fingerprint density at radius 2 is 1.61 bits per heavy atom. The summed E-state index contributed by atoms with van der Waals surface area (Å²) >= 11 is 0. The monoisotopic (exact) mass is 767 g/mol. The number of urea groups is 1. The number of rotatable bonds is 9. The van der Waals surface area contributed by atoms with Crippen LogP contribution in [0.25, 0.3) is 22.3 Å². The molecule has 3 amide bonds. The fraction of sp³-hybridized carbons (Fsp3) is 0.400. The van der Waals surface area contributed by atoms with E-state index in [1.54, 1.807) is 24.4 Å². The fourth-order valence-electron chi connectivity index (χ4n) is 8.11. The zero-order chi connectivity index (χ0) is 39.1. The average Bonchev–Trinajstić information content (AvgIpc) is 3.53. The molecule has 2 aromatic carbocycles. The van der Waals surface area contributed by atoms with E-state index in [0.717, 1.165) is 64.0 Å². The lowest BCUT2D eigenvalue weighted by atomic mass is 10.0. The van der Waals surface area contributed by atoms with Crippen molar-refractivity contribution in [1.82, 2.24) is 39.6 Å². The largest absolute Gasteiger partial charge is 0.370 e. The number of nitrogens with one attached hydrogen (secondary N) is 2. The number of hydrogen-bond donors (Lipinski definition) is 2. The molecule has 2 N–H and O–H groups in total. The average molecular weight is 768 g/mol. The third kappa shape index (κ3) is 7.62. The number of amides is 3. The number of nitrogens with zero attached hydrogens (tertiary/aromatic N) is 9. The van der Waals surface area contributed by atoms with E-state index in [1.807, 2.05) is 37.5 Å². The van der Waals surface area contributed by atoms with Gasteiger partial charge in [-0.3, -0.25) is 24.8 Å². The molecule has 5 aromatic rings. The first-order chi connectivity index (χ1) is 27.0. The number of aryl methyl sites for hydroxylation is 1. The zero-order valence-electron chi connectivity index (χ0n) is 31.6. The van der Waals surface area contributed by atoms with Crippen LogP contribution >= 0.6 is 0 Å². The first kappa shape index (κ1) is 37.3. The summed E-state index contributed by atoms with van der Waals surface area (Å²) in [5.74, 6) is -0.572. The van der Waals surface area contributed by atoms with Crippen LogP contribution in [0.3, 0.4) is 0 Å². The highest BCUT2D eigenvalue weighted by Crippen LogP contribution is 2.31. The summed E-state index contributed by atoms with van der Waals surface area (Å²) < 4.78 is 47.2. The summed E-state index contributed by atoms with van der Waals surface area (Å²) in [7, 11) is 0. The zero-order valence-corrected chi connectivity index (χ0v) is 31.6. The molecule has 0 atom stereocenters. The first-order valence-corrected chi connectivity index (χ1v) is 19.1. The van der Waals surface area contributed by atoms with E-state index >= 15 is 13.2 Å². The summed E-state index contributed by atoms with van der Waals surface area (Å²) in [5.41, 5.74) is 3.11. The van der Waals surface area contributed by atoms with Gasteiger partial charge in [-0.2, -0.15) is 0 Å². The number of fused-ring (bicyclic) bond motifs is 1. The van der Waals surface area contributed by atoms with Crippen molar-refractivity contribution in [3.05, 3.63) is 83.7 Å². The van der Waals surface area contributed by atoms with Gasteiger partial charge in [0.15, 0.2) is 11.6 Å². The lowest BCUT2D eigenvalue weighted by molar-refractivity contribution is -0.120. The van der Waals surface area contributed by atoms with Crippen LogP contribution < -0.4 is 20.4 Å². The summed E-state index contributed by atoms with van der Waals surface area (Å²) in [6, 6.07) is 11.6. The minimum absolute atomic E-state index is 0.0240. The third-order valence-corrected chi connectivity index (χ3v) is 11.0. The summed E-state index contributed by atoms with van der Waals surface area (Å²) in [5, 5.41) is 5.34. The summed E-state index contributed by atoms with van der Waals surface area (Å²) in [4.78, 5) is 49.6. The van der Waals surface area contributed by atoms with Crippen molar-refractivity contribution in [3.8, 4) is 11.3 Å². The summed E-state index contributed by atoms with van der Waals surface area (Å²) in [6.07, 6.45) is 5.10. The molecule has 3 aliphatic rings. The molecule has 0 aliphatic carbocycles. The molecule has 3 saturated heterocycles. The minimum atomic E-state index is -0.667. The van der Waals surface area contributed by atoms with Crippen molar-refractivity contribution in [2.75, 3.05) is 60.9 Å². The van der Waals surface area contributed by atoms with Crippen molar-refractivity contribution in [1.29, 1.82) is 0 Å². The van der Waals surface area contributed by atoms with Gasteiger partial charge in [-0.05, 0) is 70.0 Å². The molecule has 0 saturated carbocycles. The molecule has 0 bridgehead atoms. The number of carbonyl (C=O) groups excluding carboxylic acids is 2. The second kappa shape index (κ2) is 15.5. The minimum Gasteiger partial charge on any atom is -0.370 e. The SMILES string of the molecule is Cc1nc2c(F)cc(-c3nc(Nc4ccc(N5CCC(N6CCN(Cc7ccc(N8CCC(=O)NC8=O)cc7F)CC6)CC5)cn4)ncc3F)cc2n1C(C)C. The number of piperidine rings is 1. The third-order valence-electron chi connectivity index (χ3n) is 11.0. The van der Waals surface area contributed by atoms with Crippen LogP contribution in [0.1, 0.15) is 50.5 Å². The Labute approximate surface area is 322 Å². The highest BCUT2D eigenvalue weighted by molar-refractivity contribution is 6.05. The van der Waals surface area contributed by atoms with Gasteiger partial charge >= 0.3 is 6.03 Å². The predicted molar refractivity (Wildman–Crippen MR) is 207 cm³/mol. The molecule has 3 aliphatic heterocycles. The molecule has 0 spiro atoms. The van der Waals surface area contributed by atoms with Gasteiger partial charge in [0.1, 0.15) is 28.7 Å². The quantitative estimate of drug-likeness (QED) is 0.180. The first-order valence-electron chi connectivity index (χ1n) is 19.1. The molecule has 292 valence electrons. The molecule has 13 nitrogen and oxygen atoms in total. The Bertz CT molecular complexity index is 2270. The van der Waals surface area contributed by atoms with Gasteiger partial charge in [0, 0.05) is 87.7 Å². The van der Waals surface area contributed by atoms with Gasteiger partial charge in [0.2, 0.25) is 11.9 Å². The van der Waals surface area contributed by atoms with Crippen molar-refractivity contribution < 1.29 is 22.8 Å². The number of aromatic nitrogens is 5. The van der Waals surface area contributed by atoms with Gasteiger partial charge in [-0.1, -0.05) is 6.07 Å². The van der Waals surface area contributed by atoms with E-state index in [9.17, 15) is 9.59 Å². The van der Waals surface area contributed by atoms with Crippen LogP contribution in [0, 0.1) is 24.4 Å². The number of benzene rings is 2. The number of piperazine rings is 1. The van der Waals surface area contributed by atoms with Gasteiger partial charge in [-0.25, -0.2) is 37.9 Å². The topological polar surface area (TPSA) is 128 Å². The maximum Gasteiger partial charge on any atom is 0.328 e. The van der Waals surface area contributed by atoms with Crippen LogP contribution in [-0.4, -0.2) is 98.1 Å². The number of pyridine rings is 1. The molecule has 6 heterocycles. The number of imidazole rings is 1. The van der Waals surface area contributed by atoms with E-state index in [-0.39, 0.29) is 53.5 Å². The number of halogens is 3. The molecule has 3 fully saturated rings.